The average molecular weight is 788 g/mol. The quantitative estimate of drug-likeness (QED) is 0.309. The maximum atomic E-state index is 14.5. The van der Waals surface area contributed by atoms with Crippen LogP contribution in [0.15, 0.2) is 48.5 Å². The Labute approximate surface area is 330 Å². The van der Waals surface area contributed by atoms with Crippen LogP contribution in [0.25, 0.3) is 0 Å². The third-order valence-corrected chi connectivity index (χ3v) is 11.2. The van der Waals surface area contributed by atoms with Crippen molar-refractivity contribution in [3.05, 3.63) is 54.1 Å². The third kappa shape index (κ3) is 8.76. The fraction of sp³-hybridized carbons (Fsp3) is 0.525. The number of rotatable bonds is 6. The largest absolute Gasteiger partial charge is 0.461 e. The van der Waals surface area contributed by atoms with E-state index >= 15 is 0 Å². The van der Waals surface area contributed by atoms with Crippen LogP contribution in [0.3, 0.4) is 0 Å². The van der Waals surface area contributed by atoms with Gasteiger partial charge in [0.2, 0.25) is 36.3 Å². The molecule has 17 nitrogen and oxygen atoms in total. The molecular formula is C40H49N7O10. The molecular weight excluding hydrogens is 738 g/mol. The lowest BCUT2D eigenvalue weighted by atomic mass is 9.99. The molecule has 7 atom stereocenters. The van der Waals surface area contributed by atoms with Crippen molar-refractivity contribution in [2.75, 3.05) is 38.4 Å². The van der Waals surface area contributed by atoms with Crippen molar-refractivity contribution in [1.29, 1.82) is 0 Å². The van der Waals surface area contributed by atoms with Gasteiger partial charge in [0.15, 0.2) is 11.5 Å². The van der Waals surface area contributed by atoms with Gasteiger partial charge in [0.1, 0.15) is 42.9 Å². The zero-order valence-corrected chi connectivity index (χ0v) is 32.1. The van der Waals surface area contributed by atoms with Crippen LogP contribution in [0, 0.1) is 5.92 Å². The van der Waals surface area contributed by atoms with Crippen LogP contribution in [0.1, 0.15) is 57.9 Å². The zero-order valence-electron chi connectivity index (χ0n) is 32.1. The van der Waals surface area contributed by atoms with Gasteiger partial charge in [-0.25, -0.2) is 9.59 Å². The van der Waals surface area contributed by atoms with E-state index in [2.05, 4.69) is 21.3 Å². The Balaban J connectivity index is 1.16. The van der Waals surface area contributed by atoms with E-state index in [0.29, 0.717) is 62.3 Å². The number of nitrogens with one attached hydrogen (secondary N) is 4. The van der Waals surface area contributed by atoms with E-state index in [1.165, 1.54) is 14.7 Å². The van der Waals surface area contributed by atoms with E-state index in [4.69, 9.17) is 14.2 Å². The molecule has 5 heterocycles. The van der Waals surface area contributed by atoms with Crippen molar-refractivity contribution >= 4 is 47.2 Å². The Morgan fingerprint density at radius 2 is 1.54 bits per heavy atom. The van der Waals surface area contributed by atoms with Crippen LogP contribution in [-0.4, -0.2) is 126 Å². The molecule has 5 aliphatic rings. The van der Waals surface area contributed by atoms with Gasteiger partial charge in [-0.15, -0.1) is 0 Å². The molecule has 7 rings (SSSR count). The summed E-state index contributed by atoms with van der Waals surface area (Å²) in [4.78, 5) is 102. The fourth-order valence-electron chi connectivity index (χ4n) is 8.35. The van der Waals surface area contributed by atoms with Crippen LogP contribution >= 0.6 is 0 Å². The number of hydrogen-bond acceptors (Lipinski definition) is 10. The van der Waals surface area contributed by atoms with E-state index < -0.39 is 84.4 Å². The highest BCUT2D eigenvalue weighted by atomic mass is 16.7. The Hall–Kier alpha value is -5.87. The molecule has 4 saturated heterocycles. The molecule has 0 aromatic heterocycles. The Morgan fingerprint density at radius 3 is 2.35 bits per heavy atom. The molecule has 17 heteroatoms. The number of carbonyl (C=O) groups is 7. The molecule has 304 valence electrons. The number of ether oxygens (including phenoxy) is 3. The second-order valence-electron chi connectivity index (χ2n) is 15.4. The smallest absolute Gasteiger partial charge is 0.328 e. The van der Waals surface area contributed by atoms with Crippen LogP contribution in [0.5, 0.6) is 11.5 Å². The SMILES string of the molecule is C[C@H]1C[C@H]2C(=O)OC[C@H](NC(=O)[C@H](Cc3ccccc3)NC(=O)Nc3ccc4c(c3)OCO4)C(=O)N3CCC[C@H]3C(=O)N3CCCC[C@H]3C(=O)N[C@@H](C)C(=O)N2C1. The summed E-state index contributed by atoms with van der Waals surface area (Å²) in [7, 11) is 0. The van der Waals surface area contributed by atoms with Gasteiger partial charge in [0.05, 0.1) is 0 Å². The minimum atomic E-state index is -1.46. The second-order valence-corrected chi connectivity index (χ2v) is 15.4. The van der Waals surface area contributed by atoms with Gasteiger partial charge in [-0.05, 0) is 69.1 Å². The van der Waals surface area contributed by atoms with Gasteiger partial charge in [0.25, 0.3) is 0 Å². The molecule has 2 aromatic carbocycles. The summed E-state index contributed by atoms with van der Waals surface area (Å²) in [6.07, 6.45) is 2.94. The first-order valence-electron chi connectivity index (χ1n) is 19.7. The minimum Gasteiger partial charge on any atom is -0.461 e. The molecule has 0 aliphatic carbocycles. The van der Waals surface area contributed by atoms with Crippen molar-refractivity contribution in [1.82, 2.24) is 30.7 Å². The fourth-order valence-corrected chi connectivity index (χ4v) is 8.35. The average Bonchev–Trinajstić information content (AvgIpc) is 3.98. The van der Waals surface area contributed by atoms with Crippen LogP contribution in [0.4, 0.5) is 10.5 Å². The van der Waals surface area contributed by atoms with Gasteiger partial charge in [-0.3, -0.25) is 24.0 Å². The highest BCUT2D eigenvalue weighted by Gasteiger charge is 2.46. The molecule has 0 radical (unpaired) electrons. The third-order valence-electron chi connectivity index (χ3n) is 11.2. The van der Waals surface area contributed by atoms with E-state index in [-0.39, 0.29) is 32.2 Å². The number of esters is 1. The van der Waals surface area contributed by atoms with Crippen LogP contribution in [-0.2, 0) is 39.9 Å². The predicted molar refractivity (Wildman–Crippen MR) is 203 cm³/mol. The Morgan fingerprint density at radius 1 is 0.807 bits per heavy atom. The lowest BCUT2D eigenvalue weighted by Gasteiger charge is -2.39. The topological polar surface area (TPSA) is 205 Å². The number of anilines is 1. The zero-order chi connectivity index (χ0) is 40.2. The van der Waals surface area contributed by atoms with Gasteiger partial charge in [0, 0.05) is 37.8 Å². The van der Waals surface area contributed by atoms with Crippen molar-refractivity contribution in [2.45, 2.75) is 95.0 Å². The lowest BCUT2D eigenvalue weighted by Crippen LogP contribution is -2.62. The second kappa shape index (κ2) is 17.1. The van der Waals surface area contributed by atoms with E-state index in [0.717, 1.165) is 5.56 Å². The number of benzene rings is 2. The first-order chi connectivity index (χ1) is 27.5. The van der Waals surface area contributed by atoms with Gasteiger partial charge in [-0.1, -0.05) is 37.3 Å². The van der Waals surface area contributed by atoms with Crippen LogP contribution < -0.4 is 30.7 Å². The molecule has 4 fully saturated rings. The standard InChI is InChI=1S/C40H49N7O10/c1-23-17-31-39(53)55-21-28(43-34(48)27(18-25-9-4-3-5-10-25)44-40(54)42-26-13-14-32-33(19-26)57-22-56-32)37(51)46-16-8-12-30(46)38(52)45-15-7-6-11-29(45)35(49)41-24(2)36(50)47(31)20-23/h3-5,9-10,13-14,19,23-24,27-31H,6-8,11-12,15-18,20-22H2,1-2H3,(H,41,49)(H,43,48)(H2,42,44,54)/t23-,24-,27-,28-,29-,30-,31-/m0/s1. The Kier molecular flexibility index (Phi) is 11.8. The van der Waals surface area contributed by atoms with Crippen molar-refractivity contribution in [2.24, 2.45) is 5.92 Å². The molecule has 0 bridgehead atoms. The molecule has 0 unspecified atom stereocenters. The lowest BCUT2D eigenvalue weighted by molar-refractivity contribution is -0.158. The number of cyclic esters (lactones) is 1. The summed E-state index contributed by atoms with van der Waals surface area (Å²) in [5, 5.41) is 10.9. The van der Waals surface area contributed by atoms with Crippen molar-refractivity contribution in [3.63, 3.8) is 0 Å². The Bertz CT molecular complexity index is 1890. The minimum absolute atomic E-state index is 0.0421. The van der Waals surface area contributed by atoms with Crippen LogP contribution in [0.2, 0.25) is 0 Å². The van der Waals surface area contributed by atoms with Gasteiger partial charge in [-0.2, -0.15) is 0 Å². The summed E-state index contributed by atoms with van der Waals surface area (Å²) in [5.74, 6) is -2.56. The summed E-state index contributed by atoms with van der Waals surface area (Å²) < 4.78 is 16.5. The number of urea groups is 1. The first-order valence-corrected chi connectivity index (χ1v) is 19.7. The summed E-state index contributed by atoms with van der Waals surface area (Å²) in [6.45, 7) is 3.68. The number of fused-ring (bicyclic) bond motifs is 4. The molecule has 5 aliphatic heterocycles. The van der Waals surface area contributed by atoms with E-state index in [1.54, 1.807) is 49.4 Å². The molecule has 0 spiro atoms. The maximum Gasteiger partial charge on any atom is 0.328 e. The van der Waals surface area contributed by atoms with Gasteiger partial charge < -0.3 is 50.2 Å². The predicted octanol–water partition coefficient (Wildman–Crippen LogP) is 1.30. The monoisotopic (exact) mass is 787 g/mol. The molecule has 4 N–H and O–H groups in total. The van der Waals surface area contributed by atoms with E-state index in [1.807, 2.05) is 13.0 Å². The summed E-state index contributed by atoms with van der Waals surface area (Å²) in [6, 6.07) is 6.76. The molecule has 0 saturated carbocycles. The summed E-state index contributed by atoms with van der Waals surface area (Å²) >= 11 is 0. The van der Waals surface area contributed by atoms with Crippen molar-refractivity contribution < 1.29 is 47.8 Å². The normalized spacial score (nSPS) is 27.1. The number of hydrogen-bond donors (Lipinski definition) is 4. The number of nitrogens with zero attached hydrogens (tertiary/aromatic N) is 3. The van der Waals surface area contributed by atoms with Gasteiger partial charge >= 0.3 is 12.0 Å². The molecule has 57 heavy (non-hydrogen) atoms. The van der Waals surface area contributed by atoms with E-state index in [9.17, 15) is 33.6 Å². The highest BCUT2D eigenvalue weighted by Crippen LogP contribution is 2.34. The number of carbonyl (C=O) groups excluding carboxylic acids is 7. The highest BCUT2D eigenvalue weighted by molar-refractivity contribution is 5.98. The van der Waals surface area contributed by atoms with Crippen molar-refractivity contribution in [3.8, 4) is 11.5 Å². The first kappa shape index (κ1) is 39.4. The molecule has 2 aromatic rings. The molecule has 7 amide bonds. The number of piperidine rings is 1. The number of amides is 7. The maximum absolute atomic E-state index is 14.5. The summed E-state index contributed by atoms with van der Waals surface area (Å²) in [5.41, 5.74) is 1.10.